The highest BCUT2D eigenvalue weighted by atomic mass is 32.2. The van der Waals surface area contributed by atoms with Gasteiger partial charge in [0.1, 0.15) is 18.3 Å². The predicted octanol–water partition coefficient (Wildman–Crippen LogP) is 4.22. The maximum absolute atomic E-state index is 13.8. The number of hydrogen-bond donors (Lipinski definition) is 1. The van der Waals surface area contributed by atoms with Crippen LogP contribution in [0.2, 0.25) is 0 Å². The lowest BCUT2D eigenvalue weighted by atomic mass is 10.1. The molecule has 0 bridgehead atoms. The van der Waals surface area contributed by atoms with E-state index in [2.05, 4.69) is 5.32 Å². The molecule has 8 nitrogen and oxygen atoms in total. The van der Waals surface area contributed by atoms with Gasteiger partial charge < -0.3 is 15.0 Å². The summed E-state index contributed by atoms with van der Waals surface area (Å²) in [5.41, 5.74) is 1.14. The van der Waals surface area contributed by atoms with E-state index in [4.69, 9.17) is 4.74 Å². The van der Waals surface area contributed by atoms with E-state index in [1.807, 2.05) is 44.2 Å². The Labute approximate surface area is 225 Å². The molecule has 0 spiro atoms. The van der Waals surface area contributed by atoms with Gasteiger partial charge in [0.25, 0.3) is 10.0 Å². The summed E-state index contributed by atoms with van der Waals surface area (Å²) >= 11 is 0. The first-order valence-corrected chi connectivity index (χ1v) is 14.1. The summed E-state index contributed by atoms with van der Waals surface area (Å²) in [4.78, 5) is 28.2. The lowest BCUT2D eigenvalue weighted by Crippen LogP contribution is -2.51. The molecule has 38 heavy (non-hydrogen) atoms. The number of nitrogens with one attached hydrogen (secondary N) is 1. The van der Waals surface area contributed by atoms with Crippen molar-refractivity contribution >= 4 is 27.5 Å². The number of carbonyl (C=O) groups is 2. The number of sulfonamides is 1. The van der Waals surface area contributed by atoms with Gasteiger partial charge in [0, 0.05) is 13.1 Å². The van der Waals surface area contributed by atoms with Gasteiger partial charge in [0.05, 0.1) is 17.2 Å². The highest BCUT2D eigenvalue weighted by Gasteiger charge is 2.32. The first-order valence-electron chi connectivity index (χ1n) is 12.7. The van der Waals surface area contributed by atoms with Crippen molar-refractivity contribution < 1.29 is 22.7 Å². The van der Waals surface area contributed by atoms with Crippen molar-refractivity contribution in [3.05, 3.63) is 90.5 Å². The summed E-state index contributed by atoms with van der Waals surface area (Å²) < 4.78 is 34.1. The van der Waals surface area contributed by atoms with E-state index in [9.17, 15) is 18.0 Å². The Morgan fingerprint density at radius 1 is 0.895 bits per heavy atom. The van der Waals surface area contributed by atoms with Crippen LogP contribution in [0.1, 0.15) is 32.8 Å². The van der Waals surface area contributed by atoms with Gasteiger partial charge in [-0.25, -0.2) is 8.42 Å². The lowest BCUT2D eigenvalue weighted by molar-refractivity contribution is -0.139. The van der Waals surface area contributed by atoms with E-state index < -0.39 is 28.5 Å². The van der Waals surface area contributed by atoms with Gasteiger partial charge in [0.2, 0.25) is 11.8 Å². The van der Waals surface area contributed by atoms with Crippen LogP contribution in [0, 0.1) is 0 Å². The van der Waals surface area contributed by atoms with Crippen LogP contribution >= 0.6 is 0 Å². The van der Waals surface area contributed by atoms with Crippen molar-refractivity contribution in [2.45, 2.75) is 44.7 Å². The van der Waals surface area contributed by atoms with Crippen molar-refractivity contribution in [1.82, 2.24) is 10.2 Å². The van der Waals surface area contributed by atoms with Crippen LogP contribution in [0.25, 0.3) is 0 Å². The molecule has 0 saturated heterocycles. The number of amides is 2. The molecule has 9 heteroatoms. The Hall–Kier alpha value is -3.85. The average molecular weight is 538 g/mol. The van der Waals surface area contributed by atoms with E-state index in [0.717, 1.165) is 16.3 Å². The van der Waals surface area contributed by atoms with Crippen molar-refractivity contribution in [1.29, 1.82) is 0 Å². The lowest BCUT2D eigenvalue weighted by Gasteiger charge is -2.32. The van der Waals surface area contributed by atoms with Crippen LogP contribution in [-0.4, -0.2) is 50.9 Å². The summed E-state index contributed by atoms with van der Waals surface area (Å²) in [6.07, 6.45) is 0.756. The standard InChI is InChI=1S/C29H35N3O5S/c1-4-20-30-29(34)23(3)31(21-24-12-8-6-9-13-24)28(33)22-32(25-16-18-26(19-17-25)37-5-2)38(35,36)27-14-10-7-11-15-27/h6-19,23H,4-5,20-22H2,1-3H3,(H,30,34)/t23-/m0/s1. The number of nitrogens with zero attached hydrogens (tertiary/aromatic N) is 2. The zero-order chi connectivity index (χ0) is 27.5. The smallest absolute Gasteiger partial charge is 0.264 e. The van der Waals surface area contributed by atoms with Gasteiger partial charge in [-0.15, -0.1) is 0 Å². The molecular formula is C29H35N3O5S. The predicted molar refractivity (Wildman–Crippen MR) is 148 cm³/mol. The number of benzene rings is 3. The Kier molecular flexibility index (Phi) is 10.3. The van der Waals surface area contributed by atoms with Crippen molar-refractivity contribution in [2.24, 2.45) is 0 Å². The van der Waals surface area contributed by atoms with E-state index in [-0.39, 0.29) is 17.3 Å². The quantitative estimate of drug-likeness (QED) is 0.352. The molecule has 3 aromatic carbocycles. The van der Waals surface area contributed by atoms with E-state index >= 15 is 0 Å². The second-order valence-corrected chi connectivity index (χ2v) is 10.6. The molecule has 0 aliphatic rings. The van der Waals surface area contributed by atoms with E-state index in [0.29, 0.717) is 24.6 Å². The van der Waals surface area contributed by atoms with Gasteiger partial charge in [0.15, 0.2) is 0 Å². The monoisotopic (exact) mass is 537 g/mol. The first-order chi connectivity index (χ1) is 18.3. The minimum absolute atomic E-state index is 0.0602. The normalized spacial score (nSPS) is 11.9. The summed E-state index contributed by atoms with van der Waals surface area (Å²) in [6, 6.07) is 23.0. The van der Waals surface area contributed by atoms with Crippen LogP contribution in [-0.2, 0) is 26.2 Å². The van der Waals surface area contributed by atoms with Crippen LogP contribution in [0.3, 0.4) is 0 Å². The average Bonchev–Trinajstić information content (AvgIpc) is 2.94. The number of anilines is 1. The number of ether oxygens (including phenoxy) is 1. The van der Waals surface area contributed by atoms with Crippen molar-refractivity contribution in [3.8, 4) is 5.75 Å². The fraction of sp³-hybridized carbons (Fsp3) is 0.310. The molecule has 1 atom stereocenters. The fourth-order valence-electron chi connectivity index (χ4n) is 3.88. The number of carbonyl (C=O) groups excluding carboxylic acids is 2. The zero-order valence-electron chi connectivity index (χ0n) is 22.0. The SMILES string of the molecule is CCCNC(=O)[C@H](C)N(Cc1ccccc1)C(=O)CN(c1ccc(OCC)cc1)S(=O)(=O)c1ccccc1. The minimum Gasteiger partial charge on any atom is -0.494 e. The summed E-state index contributed by atoms with van der Waals surface area (Å²) in [7, 11) is -4.10. The van der Waals surface area contributed by atoms with Crippen LogP contribution in [0.5, 0.6) is 5.75 Å². The van der Waals surface area contributed by atoms with E-state index in [1.54, 1.807) is 49.4 Å². The Bertz CT molecular complexity index is 1280. The molecule has 0 aliphatic carbocycles. The topological polar surface area (TPSA) is 96.0 Å². The summed E-state index contributed by atoms with van der Waals surface area (Å²) in [5, 5.41) is 2.83. The van der Waals surface area contributed by atoms with Gasteiger partial charge in [-0.05, 0) is 62.2 Å². The third kappa shape index (κ3) is 7.35. The molecule has 1 N–H and O–H groups in total. The maximum atomic E-state index is 13.8. The van der Waals surface area contributed by atoms with Gasteiger partial charge in [-0.2, -0.15) is 0 Å². The maximum Gasteiger partial charge on any atom is 0.264 e. The van der Waals surface area contributed by atoms with Crippen molar-refractivity contribution in [2.75, 3.05) is 24.0 Å². The first kappa shape index (κ1) is 28.7. The third-order valence-corrected chi connectivity index (χ3v) is 7.75. The molecular weight excluding hydrogens is 502 g/mol. The Morgan fingerprint density at radius 3 is 2.08 bits per heavy atom. The Balaban J connectivity index is 1.99. The highest BCUT2D eigenvalue weighted by molar-refractivity contribution is 7.92. The number of rotatable bonds is 13. The largest absolute Gasteiger partial charge is 0.494 e. The summed E-state index contributed by atoms with van der Waals surface area (Å²) in [5.74, 6) is -0.206. The summed E-state index contributed by atoms with van der Waals surface area (Å²) in [6.45, 7) is 6.08. The molecule has 0 aliphatic heterocycles. The molecule has 3 aromatic rings. The van der Waals surface area contributed by atoms with Crippen molar-refractivity contribution in [3.63, 3.8) is 0 Å². The van der Waals surface area contributed by atoms with Crippen LogP contribution < -0.4 is 14.4 Å². The minimum atomic E-state index is -4.10. The Morgan fingerprint density at radius 2 is 1.50 bits per heavy atom. The zero-order valence-corrected chi connectivity index (χ0v) is 22.9. The van der Waals surface area contributed by atoms with Gasteiger partial charge >= 0.3 is 0 Å². The fourth-order valence-corrected chi connectivity index (χ4v) is 5.32. The highest BCUT2D eigenvalue weighted by Crippen LogP contribution is 2.26. The van der Waals surface area contributed by atoms with E-state index in [1.165, 1.54) is 17.0 Å². The molecule has 202 valence electrons. The molecule has 2 amide bonds. The van der Waals surface area contributed by atoms with Gasteiger partial charge in [-0.1, -0.05) is 55.5 Å². The molecule has 0 aromatic heterocycles. The molecule has 0 heterocycles. The number of hydrogen-bond acceptors (Lipinski definition) is 5. The molecule has 0 saturated carbocycles. The molecule has 0 fully saturated rings. The van der Waals surface area contributed by atoms with Crippen LogP contribution in [0.4, 0.5) is 5.69 Å². The van der Waals surface area contributed by atoms with Crippen LogP contribution in [0.15, 0.2) is 89.8 Å². The molecule has 3 rings (SSSR count). The second kappa shape index (κ2) is 13.6. The second-order valence-electron chi connectivity index (χ2n) is 8.73. The molecule has 0 unspecified atom stereocenters. The third-order valence-electron chi connectivity index (χ3n) is 5.96. The van der Waals surface area contributed by atoms with Gasteiger partial charge in [-0.3, -0.25) is 13.9 Å². The molecule has 0 radical (unpaired) electrons.